The molecular formula is C18H21N3O2S. The molecule has 0 saturated heterocycles. The molecule has 0 atom stereocenters. The first kappa shape index (κ1) is 16.7. The number of imidazole rings is 1. The van der Waals surface area contributed by atoms with Gasteiger partial charge in [0.2, 0.25) is 5.91 Å². The summed E-state index contributed by atoms with van der Waals surface area (Å²) in [5, 5.41) is 10.9. The zero-order chi connectivity index (χ0) is 17.1. The minimum absolute atomic E-state index is 0.00806. The van der Waals surface area contributed by atoms with Crippen LogP contribution >= 0.6 is 11.3 Å². The molecule has 0 fully saturated rings. The summed E-state index contributed by atoms with van der Waals surface area (Å²) in [7, 11) is 1.71. The molecule has 1 N–H and O–H groups in total. The second-order valence-electron chi connectivity index (χ2n) is 5.77. The Labute approximate surface area is 145 Å². The number of thiazole rings is 1. The molecule has 5 nitrogen and oxygen atoms in total. The Morgan fingerprint density at radius 1 is 1.33 bits per heavy atom. The molecule has 2 heterocycles. The largest absolute Gasteiger partial charge is 0.395 e. The average Bonchev–Trinajstić information content (AvgIpc) is 3.17. The Morgan fingerprint density at radius 2 is 2.08 bits per heavy atom. The fourth-order valence-electron chi connectivity index (χ4n) is 2.57. The molecule has 24 heavy (non-hydrogen) atoms. The van der Waals surface area contributed by atoms with E-state index >= 15 is 0 Å². The van der Waals surface area contributed by atoms with Crippen LogP contribution in [0.2, 0.25) is 0 Å². The van der Waals surface area contributed by atoms with Crippen LogP contribution < -0.4 is 0 Å². The summed E-state index contributed by atoms with van der Waals surface area (Å²) in [5.41, 5.74) is 4.23. The van der Waals surface area contributed by atoms with Gasteiger partial charge in [-0.2, -0.15) is 0 Å². The van der Waals surface area contributed by atoms with Gasteiger partial charge in [0.05, 0.1) is 18.7 Å². The van der Waals surface area contributed by atoms with Gasteiger partial charge in [0.1, 0.15) is 0 Å². The maximum absolute atomic E-state index is 12.2. The first-order valence-electron chi connectivity index (χ1n) is 8.02. The number of amides is 1. The van der Waals surface area contributed by atoms with E-state index in [4.69, 9.17) is 5.11 Å². The molecule has 1 amide bonds. The summed E-state index contributed by atoms with van der Waals surface area (Å²) in [5.74, 6) is -0.00806. The zero-order valence-electron chi connectivity index (χ0n) is 13.9. The van der Waals surface area contributed by atoms with E-state index in [0.717, 1.165) is 28.3 Å². The van der Waals surface area contributed by atoms with Gasteiger partial charge in [-0.15, -0.1) is 11.3 Å². The Morgan fingerprint density at radius 3 is 2.75 bits per heavy atom. The van der Waals surface area contributed by atoms with Crippen molar-refractivity contribution in [3.8, 4) is 11.3 Å². The van der Waals surface area contributed by atoms with Crippen LogP contribution in [-0.2, 0) is 17.6 Å². The molecule has 0 bridgehead atoms. The average molecular weight is 343 g/mol. The second kappa shape index (κ2) is 7.15. The van der Waals surface area contributed by atoms with Crippen molar-refractivity contribution < 1.29 is 9.90 Å². The first-order valence-corrected chi connectivity index (χ1v) is 8.90. The molecule has 0 saturated carbocycles. The number of aliphatic hydroxyl groups is 1. The van der Waals surface area contributed by atoms with Crippen molar-refractivity contribution in [3.63, 3.8) is 0 Å². The molecule has 3 aromatic rings. The smallest absolute Gasteiger partial charge is 0.228 e. The zero-order valence-corrected chi connectivity index (χ0v) is 14.7. The molecule has 0 radical (unpaired) electrons. The van der Waals surface area contributed by atoms with Gasteiger partial charge in [0, 0.05) is 36.4 Å². The number of aromatic nitrogens is 2. The fraction of sp³-hybridized carbons (Fsp3) is 0.333. The van der Waals surface area contributed by atoms with E-state index in [-0.39, 0.29) is 12.5 Å². The Kier molecular flexibility index (Phi) is 4.97. The normalized spacial score (nSPS) is 11.1. The predicted octanol–water partition coefficient (Wildman–Crippen LogP) is 2.62. The van der Waals surface area contributed by atoms with Gasteiger partial charge >= 0.3 is 0 Å². The van der Waals surface area contributed by atoms with Crippen LogP contribution in [0.4, 0.5) is 0 Å². The van der Waals surface area contributed by atoms with Crippen molar-refractivity contribution in [1.29, 1.82) is 0 Å². The Hall–Kier alpha value is -2.18. The van der Waals surface area contributed by atoms with Crippen LogP contribution in [0, 0.1) is 0 Å². The van der Waals surface area contributed by atoms with Gasteiger partial charge in [-0.05, 0) is 12.0 Å². The summed E-state index contributed by atoms with van der Waals surface area (Å²) in [6.07, 6.45) is 3.31. The monoisotopic (exact) mass is 343 g/mol. The molecule has 0 aliphatic heterocycles. The van der Waals surface area contributed by atoms with Crippen molar-refractivity contribution in [2.45, 2.75) is 19.8 Å². The first-order chi connectivity index (χ1) is 11.6. The molecule has 0 aliphatic carbocycles. The number of carbonyl (C=O) groups is 1. The standard InChI is InChI=1S/C18H21N3O2S/c1-3-13-4-6-14(7-5-13)16-11-21-15(12-24-18(21)19-16)10-17(23)20(2)8-9-22/h4-7,11-12,22H,3,8-10H2,1-2H3. The third kappa shape index (κ3) is 3.34. The van der Waals surface area contributed by atoms with Gasteiger partial charge in [0.25, 0.3) is 0 Å². The number of hydrogen-bond donors (Lipinski definition) is 1. The number of benzene rings is 1. The fourth-order valence-corrected chi connectivity index (χ4v) is 3.44. The van der Waals surface area contributed by atoms with Crippen molar-refractivity contribution in [3.05, 3.63) is 47.1 Å². The Bertz CT molecular complexity index is 836. The maximum atomic E-state index is 12.2. The van der Waals surface area contributed by atoms with E-state index in [0.29, 0.717) is 13.0 Å². The molecule has 0 spiro atoms. The van der Waals surface area contributed by atoms with E-state index in [1.807, 2.05) is 16.0 Å². The minimum Gasteiger partial charge on any atom is -0.395 e. The van der Waals surface area contributed by atoms with Crippen LogP contribution in [0.1, 0.15) is 18.2 Å². The Balaban J connectivity index is 1.84. The minimum atomic E-state index is -0.0235. The number of aliphatic hydroxyl groups excluding tert-OH is 1. The molecule has 0 unspecified atom stereocenters. The van der Waals surface area contributed by atoms with E-state index < -0.39 is 0 Å². The molecule has 3 rings (SSSR count). The molecular weight excluding hydrogens is 322 g/mol. The SMILES string of the molecule is CCc1ccc(-c2cn3c(CC(=O)N(C)CCO)csc3n2)cc1. The van der Waals surface area contributed by atoms with E-state index in [2.05, 4.69) is 36.2 Å². The lowest BCUT2D eigenvalue weighted by Crippen LogP contribution is -2.31. The van der Waals surface area contributed by atoms with Crippen LogP contribution in [0.5, 0.6) is 0 Å². The molecule has 1 aromatic carbocycles. The number of aryl methyl sites for hydroxylation is 1. The van der Waals surface area contributed by atoms with E-state index in [1.54, 1.807) is 11.9 Å². The highest BCUT2D eigenvalue weighted by Crippen LogP contribution is 2.24. The maximum Gasteiger partial charge on any atom is 0.228 e. The third-order valence-electron chi connectivity index (χ3n) is 4.13. The number of likely N-dealkylation sites (N-methyl/N-ethyl adjacent to an activating group) is 1. The number of carbonyl (C=O) groups excluding carboxylic acids is 1. The van der Waals surface area contributed by atoms with Gasteiger partial charge in [-0.25, -0.2) is 4.98 Å². The van der Waals surface area contributed by atoms with Gasteiger partial charge in [-0.3, -0.25) is 9.20 Å². The second-order valence-corrected chi connectivity index (χ2v) is 6.61. The number of nitrogens with zero attached hydrogens (tertiary/aromatic N) is 3. The highest BCUT2D eigenvalue weighted by molar-refractivity contribution is 7.15. The molecule has 2 aromatic heterocycles. The summed E-state index contributed by atoms with van der Waals surface area (Å²) in [6.45, 7) is 2.47. The van der Waals surface area contributed by atoms with Gasteiger partial charge in [0.15, 0.2) is 4.96 Å². The van der Waals surface area contributed by atoms with Crippen molar-refractivity contribution >= 4 is 22.2 Å². The third-order valence-corrected chi connectivity index (χ3v) is 5.02. The van der Waals surface area contributed by atoms with Gasteiger partial charge < -0.3 is 10.0 Å². The summed E-state index contributed by atoms with van der Waals surface area (Å²) >= 11 is 1.54. The predicted molar refractivity (Wildman–Crippen MR) is 96.3 cm³/mol. The van der Waals surface area contributed by atoms with E-state index in [9.17, 15) is 4.79 Å². The van der Waals surface area contributed by atoms with Crippen LogP contribution in [0.3, 0.4) is 0 Å². The quantitative estimate of drug-likeness (QED) is 0.748. The molecule has 0 aliphatic rings. The molecule has 126 valence electrons. The lowest BCUT2D eigenvalue weighted by molar-refractivity contribution is -0.129. The highest BCUT2D eigenvalue weighted by atomic mass is 32.1. The van der Waals surface area contributed by atoms with Crippen LogP contribution in [0.25, 0.3) is 16.2 Å². The molecule has 6 heteroatoms. The number of hydrogen-bond acceptors (Lipinski definition) is 4. The van der Waals surface area contributed by atoms with Crippen LogP contribution in [-0.4, -0.2) is 45.5 Å². The summed E-state index contributed by atoms with van der Waals surface area (Å²) in [6, 6.07) is 8.42. The van der Waals surface area contributed by atoms with Crippen molar-refractivity contribution in [2.24, 2.45) is 0 Å². The van der Waals surface area contributed by atoms with E-state index in [1.165, 1.54) is 16.9 Å². The van der Waals surface area contributed by atoms with Gasteiger partial charge in [-0.1, -0.05) is 31.2 Å². The van der Waals surface area contributed by atoms with Crippen molar-refractivity contribution in [1.82, 2.24) is 14.3 Å². The van der Waals surface area contributed by atoms with Crippen molar-refractivity contribution in [2.75, 3.05) is 20.2 Å². The lowest BCUT2D eigenvalue weighted by Gasteiger charge is -2.15. The highest BCUT2D eigenvalue weighted by Gasteiger charge is 2.14. The van der Waals surface area contributed by atoms with Crippen LogP contribution in [0.15, 0.2) is 35.8 Å². The lowest BCUT2D eigenvalue weighted by atomic mass is 10.1. The summed E-state index contributed by atoms with van der Waals surface area (Å²) < 4.78 is 1.98. The topological polar surface area (TPSA) is 57.8 Å². The number of rotatable bonds is 6. The summed E-state index contributed by atoms with van der Waals surface area (Å²) in [4.78, 5) is 19.3. The number of fused-ring (bicyclic) bond motifs is 1.